The van der Waals surface area contributed by atoms with Crippen molar-refractivity contribution in [2.75, 3.05) is 12.9 Å². The summed E-state index contributed by atoms with van der Waals surface area (Å²) in [6.07, 6.45) is 5.92. The predicted octanol–water partition coefficient (Wildman–Crippen LogP) is 2.89. The highest BCUT2D eigenvalue weighted by Gasteiger charge is 2.22. The van der Waals surface area contributed by atoms with E-state index >= 15 is 0 Å². The summed E-state index contributed by atoms with van der Waals surface area (Å²) in [5.41, 5.74) is 2.53. The molecular formula is C18H21NO3S. The third-order valence-electron chi connectivity index (χ3n) is 4.09. The lowest BCUT2D eigenvalue weighted by molar-refractivity contribution is 0.299. The summed E-state index contributed by atoms with van der Waals surface area (Å²) in [4.78, 5) is 12.6. The molecule has 1 atom stereocenters. The van der Waals surface area contributed by atoms with Gasteiger partial charge >= 0.3 is 0 Å². The van der Waals surface area contributed by atoms with E-state index in [9.17, 15) is 9.00 Å². The molecule has 0 spiro atoms. The molecule has 1 fully saturated rings. The molecule has 1 unspecified atom stereocenters. The summed E-state index contributed by atoms with van der Waals surface area (Å²) in [6, 6.07) is 7.57. The summed E-state index contributed by atoms with van der Waals surface area (Å²) in [7, 11) is 0.656. The van der Waals surface area contributed by atoms with Crippen LogP contribution in [-0.2, 0) is 17.8 Å². The van der Waals surface area contributed by atoms with Crippen LogP contribution in [0.1, 0.15) is 18.4 Å². The Labute approximate surface area is 138 Å². The summed E-state index contributed by atoms with van der Waals surface area (Å²) >= 11 is 0. The number of rotatable bonds is 5. The molecule has 5 heteroatoms. The Morgan fingerprint density at radius 3 is 2.57 bits per heavy atom. The average molecular weight is 331 g/mol. The summed E-state index contributed by atoms with van der Waals surface area (Å²) < 4.78 is 19.4. The molecule has 1 aliphatic rings. The van der Waals surface area contributed by atoms with Gasteiger partial charge in [-0.15, -0.1) is 0 Å². The standard InChI is InChI=1S/C18H21NO3S/c1-12-6-15(10-19(2)18(12)20)14-7-16(22-11-13-4-5-13)9-17(8-14)23(3)21/h6-10,13H,4-5,11H2,1-3H3. The van der Waals surface area contributed by atoms with Crippen LogP contribution in [0.3, 0.4) is 0 Å². The van der Waals surface area contributed by atoms with Gasteiger partial charge in [-0.3, -0.25) is 9.00 Å². The van der Waals surface area contributed by atoms with Crippen molar-refractivity contribution >= 4 is 10.8 Å². The quantitative estimate of drug-likeness (QED) is 0.846. The molecule has 0 bridgehead atoms. The first-order chi connectivity index (χ1) is 10.9. The van der Waals surface area contributed by atoms with E-state index in [0.29, 0.717) is 18.1 Å². The van der Waals surface area contributed by atoms with Gasteiger partial charge in [0.15, 0.2) is 0 Å². The first-order valence-electron chi connectivity index (χ1n) is 7.73. The number of hydrogen-bond acceptors (Lipinski definition) is 3. The maximum Gasteiger partial charge on any atom is 0.253 e. The molecule has 1 aliphatic carbocycles. The maximum atomic E-state index is 11.9. The second-order valence-electron chi connectivity index (χ2n) is 6.23. The lowest BCUT2D eigenvalue weighted by Crippen LogP contribution is -2.18. The average Bonchev–Trinajstić information content (AvgIpc) is 3.34. The lowest BCUT2D eigenvalue weighted by atomic mass is 10.1. The molecule has 0 saturated heterocycles. The number of aryl methyl sites for hydroxylation is 2. The van der Waals surface area contributed by atoms with Crippen LogP contribution < -0.4 is 10.3 Å². The van der Waals surface area contributed by atoms with E-state index in [1.807, 2.05) is 24.3 Å². The molecule has 0 aliphatic heterocycles. The van der Waals surface area contributed by atoms with Crippen molar-refractivity contribution in [3.63, 3.8) is 0 Å². The normalized spacial score (nSPS) is 15.4. The van der Waals surface area contributed by atoms with Crippen LogP contribution in [0.2, 0.25) is 0 Å². The van der Waals surface area contributed by atoms with Crippen molar-refractivity contribution < 1.29 is 8.95 Å². The molecular weight excluding hydrogens is 310 g/mol. The molecule has 2 aromatic rings. The van der Waals surface area contributed by atoms with Gasteiger partial charge in [0.2, 0.25) is 0 Å². The highest BCUT2D eigenvalue weighted by atomic mass is 32.2. The van der Waals surface area contributed by atoms with Crippen LogP contribution >= 0.6 is 0 Å². The Hall–Kier alpha value is -1.88. The minimum Gasteiger partial charge on any atom is -0.493 e. The molecule has 0 amide bonds. The molecule has 1 saturated carbocycles. The number of aromatic nitrogens is 1. The molecule has 3 rings (SSSR count). The van der Waals surface area contributed by atoms with E-state index in [1.54, 1.807) is 31.0 Å². The lowest BCUT2D eigenvalue weighted by Gasteiger charge is -2.12. The fourth-order valence-electron chi connectivity index (χ4n) is 2.52. The summed E-state index contributed by atoms with van der Waals surface area (Å²) in [6.45, 7) is 2.52. The van der Waals surface area contributed by atoms with Gasteiger partial charge in [0.05, 0.1) is 6.61 Å². The SMILES string of the molecule is Cc1cc(-c2cc(OCC3CC3)cc(S(C)=O)c2)cn(C)c1=O. The number of ether oxygens (including phenoxy) is 1. The Bertz CT molecular complexity index is 795. The number of benzene rings is 1. The number of nitrogens with zero attached hydrogens (tertiary/aromatic N) is 1. The third kappa shape index (κ3) is 3.72. The summed E-state index contributed by atoms with van der Waals surface area (Å²) in [5.74, 6) is 1.40. The van der Waals surface area contributed by atoms with Gasteiger partial charge in [0.1, 0.15) is 5.75 Å². The second kappa shape index (κ2) is 6.32. The Morgan fingerprint density at radius 2 is 1.96 bits per heavy atom. The minimum atomic E-state index is -1.09. The summed E-state index contributed by atoms with van der Waals surface area (Å²) in [5, 5.41) is 0. The second-order valence-corrected chi connectivity index (χ2v) is 7.61. The Morgan fingerprint density at radius 1 is 1.22 bits per heavy atom. The van der Waals surface area contributed by atoms with Crippen molar-refractivity contribution in [1.29, 1.82) is 0 Å². The maximum absolute atomic E-state index is 11.9. The van der Waals surface area contributed by atoms with Gasteiger partial charge in [0, 0.05) is 40.8 Å². The molecule has 1 aromatic heterocycles. The first kappa shape index (κ1) is 16.0. The largest absolute Gasteiger partial charge is 0.493 e. The van der Waals surface area contributed by atoms with Crippen LogP contribution in [0.4, 0.5) is 0 Å². The van der Waals surface area contributed by atoms with E-state index in [1.165, 1.54) is 12.8 Å². The van der Waals surface area contributed by atoms with Crippen molar-refractivity contribution in [1.82, 2.24) is 4.57 Å². The predicted molar refractivity (Wildman–Crippen MR) is 92.4 cm³/mol. The van der Waals surface area contributed by atoms with Crippen LogP contribution in [0.25, 0.3) is 11.1 Å². The van der Waals surface area contributed by atoms with E-state index in [-0.39, 0.29) is 5.56 Å². The molecule has 0 radical (unpaired) electrons. The monoisotopic (exact) mass is 331 g/mol. The molecule has 23 heavy (non-hydrogen) atoms. The highest BCUT2D eigenvalue weighted by molar-refractivity contribution is 7.84. The minimum absolute atomic E-state index is 0.00539. The molecule has 4 nitrogen and oxygen atoms in total. The fourth-order valence-corrected chi connectivity index (χ4v) is 3.10. The van der Waals surface area contributed by atoms with E-state index in [2.05, 4.69) is 0 Å². The van der Waals surface area contributed by atoms with Crippen molar-refractivity contribution in [2.24, 2.45) is 13.0 Å². The van der Waals surface area contributed by atoms with Crippen molar-refractivity contribution in [3.05, 3.63) is 46.4 Å². The van der Waals surface area contributed by atoms with Gasteiger partial charge in [-0.2, -0.15) is 0 Å². The number of hydrogen-bond donors (Lipinski definition) is 0. The van der Waals surface area contributed by atoms with Gasteiger partial charge in [0.25, 0.3) is 5.56 Å². The molecule has 1 aromatic carbocycles. The van der Waals surface area contributed by atoms with Crippen molar-refractivity contribution in [3.8, 4) is 16.9 Å². The fraction of sp³-hybridized carbons (Fsp3) is 0.389. The third-order valence-corrected chi connectivity index (χ3v) is 4.99. The van der Waals surface area contributed by atoms with Crippen LogP contribution in [-0.4, -0.2) is 21.6 Å². The Balaban J connectivity index is 2.02. The number of pyridine rings is 1. The zero-order valence-corrected chi connectivity index (χ0v) is 14.5. The van der Waals surface area contributed by atoms with Gasteiger partial charge in [-0.1, -0.05) is 0 Å². The van der Waals surface area contributed by atoms with Crippen LogP contribution in [0.5, 0.6) is 5.75 Å². The molecule has 122 valence electrons. The van der Waals surface area contributed by atoms with E-state index < -0.39 is 10.8 Å². The van der Waals surface area contributed by atoms with Gasteiger partial charge in [-0.25, -0.2) is 0 Å². The Kier molecular flexibility index (Phi) is 4.39. The first-order valence-corrected chi connectivity index (χ1v) is 9.29. The zero-order valence-electron chi connectivity index (χ0n) is 13.7. The topological polar surface area (TPSA) is 48.3 Å². The molecule has 0 N–H and O–H groups in total. The van der Waals surface area contributed by atoms with E-state index in [4.69, 9.17) is 4.74 Å². The van der Waals surface area contributed by atoms with Crippen LogP contribution in [0, 0.1) is 12.8 Å². The molecule has 1 heterocycles. The van der Waals surface area contributed by atoms with Crippen molar-refractivity contribution in [2.45, 2.75) is 24.7 Å². The van der Waals surface area contributed by atoms with Gasteiger partial charge in [-0.05, 0) is 61.1 Å². The van der Waals surface area contributed by atoms with E-state index in [0.717, 1.165) is 21.8 Å². The zero-order chi connectivity index (χ0) is 16.6. The van der Waals surface area contributed by atoms with Gasteiger partial charge < -0.3 is 9.30 Å². The van der Waals surface area contributed by atoms with Crippen LogP contribution in [0.15, 0.2) is 40.2 Å². The highest BCUT2D eigenvalue weighted by Crippen LogP contribution is 2.32. The smallest absolute Gasteiger partial charge is 0.253 e.